The molecule has 1 N–H and O–H groups in total. The lowest BCUT2D eigenvalue weighted by Gasteiger charge is -2.23. The van der Waals surface area contributed by atoms with Crippen LogP contribution in [0.5, 0.6) is 0 Å². The number of amides is 1. The molecule has 3 nitrogen and oxygen atoms in total. The van der Waals surface area contributed by atoms with E-state index < -0.39 is 0 Å². The Balaban J connectivity index is 2.61. The lowest BCUT2D eigenvalue weighted by molar-refractivity contribution is -0.119. The lowest BCUT2D eigenvalue weighted by atomic mass is 10.2. The van der Waals surface area contributed by atoms with Crippen molar-refractivity contribution in [2.45, 2.75) is 13.0 Å². The van der Waals surface area contributed by atoms with Crippen LogP contribution in [0.15, 0.2) is 17.5 Å². The zero-order valence-corrected chi connectivity index (χ0v) is 9.60. The second-order valence-electron chi connectivity index (χ2n) is 3.43. The Morgan fingerprint density at radius 1 is 1.64 bits per heavy atom. The van der Waals surface area contributed by atoms with E-state index >= 15 is 0 Å². The van der Waals surface area contributed by atoms with E-state index in [0.717, 1.165) is 0 Å². The number of carbonyl (C=O) groups is 1. The van der Waals surface area contributed by atoms with Crippen LogP contribution < -0.4 is 5.32 Å². The summed E-state index contributed by atoms with van der Waals surface area (Å²) in [5.74, 6) is 0.0217. The molecule has 4 heteroatoms. The van der Waals surface area contributed by atoms with Crippen molar-refractivity contribution in [1.82, 2.24) is 10.2 Å². The summed E-state index contributed by atoms with van der Waals surface area (Å²) in [6.07, 6.45) is 0. The molecule has 0 fully saturated rings. The van der Waals surface area contributed by atoms with Gasteiger partial charge in [0.15, 0.2) is 0 Å². The molecule has 1 aromatic heterocycles. The summed E-state index contributed by atoms with van der Waals surface area (Å²) in [5, 5.41) is 4.90. The van der Waals surface area contributed by atoms with Gasteiger partial charge >= 0.3 is 0 Å². The molecule has 0 aliphatic rings. The predicted octanol–water partition coefficient (Wildman–Crippen LogP) is 1.49. The number of likely N-dealkylation sites (N-methyl/N-ethyl adjacent to an activating group) is 1. The third kappa shape index (κ3) is 3.12. The number of thiophene rings is 1. The van der Waals surface area contributed by atoms with Crippen LogP contribution in [-0.2, 0) is 4.79 Å². The highest BCUT2D eigenvalue weighted by atomic mass is 32.1. The average molecular weight is 212 g/mol. The molecule has 0 unspecified atom stereocenters. The fourth-order valence-electron chi connectivity index (χ4n) is 1.26. The van der Waals surface area contributed by atoms with Crippen LogP contribution in [0.1, 0.15) is 17.8 Å². The molecule has 0 aliphatic heterocycles. The zero-order valence-electron chi connectivity index (χ0n) is 8.78. The third-order valence-electron chi connectivity index (χ3n) is 2.04. The Hall–Kier alpha value is -0.870. The summed E-state index contributed by atoms with van der Waals surface area (Å²) in [6, 6.07) is 4.40. The van der Waals surface area contributed by atoms with E-state index in [0.29, 0.717) is 6.54 Å². The molecule has 0 bridgehead atoms. The first-order valence-corrected chi connectivity index (χ1v) is 5.43. The van der Waals surface area contributed by atoms with E-state index in [1.54, 1.807) is 18.3 Å². The van der Waals surface area contributed by atoms with Gasteiger partial charge in [-0.2, -0.15) is 0 Å². The van der Waals surface area contributed by atoms with Crippen LogP contribution in [0.3, 0.4) is 0 Å². The maximum absolute atomic E-state index is 10.8. The number of hydrogen-bond acceptors (Lipinski definition) is 3. The lowest BCUT2D eigenvalue weighted by Crippen LogP contribution is -2.32. The smallest absolute Gasteiger partial charge is 0.216 e. The Morgan fingerprint density at radius 2 is 2.36 bits per heavy atom. The van der Waals surface area contributed by atoms with Crippen LogP contribution in [0.25, 0.3) is 0 Å². The average Bonchev–Trinajstić information content (AvgIpc) is 2.56. The van der Waals surface area contributed by atoms with Gasteiger partial charge < -0.3 is 10.2 Å². The largest absolute Gasteiger partial charge is 0.354 e. The number of nitrogens with zero attached hydrogens (tertiary/aromatic N) is 1. The minimum Gasteiger partial charge on any atom is -0.354 e. The first kappa shape index (κ1) is 11.2. The van der Waals surface area contributed by atoms with Crippen molar-refractivity contribution in [3.8, 4) is 0 Å². The molecule has 0 aliphatic carbocycles. The monoisotopic (exact) mass is 212 g/mol. The highest BCUT2D eigenvalue weighted by Gasteiger charge is 2.14. The van der Waals surface area contributed by atoms with E-state index in [-0.39, 0.29) is 11.9 Å². The second kappa shape index (κ2) is 5.12. The Morgan fingerprint density at radius 3 is 2.79 bits per heavy atom. The molecular formula is C10H16N2OS. The number of hydrogen-bond donors (Lipinski definition) is 1. The molecule has 0 radical (unpaired) electrons. The van der Waals surface area contributed by atoms with Crippen LogP contribution in [0.4, 0.5) is 0 Å². The highest BCUT2D eigenvalue weighted by Crippen LogP contribution is 2.22. The molecule has 1 rings (SSSR count). The van der Waals surface area contributed by atoms with Crippen molar-refractivity contribution < 1.29 is 4.79 Å². The van der Waals surface area contributed by atoms with Crippen molar-refractivity contribution in [1.29, 1.82) is 0 Å². The molecule has 14 heavy (non-hydrogen) atoms. The van der Waals surface area contributed by atoms with Crippen molar-refractivity contribution >= 4 is 17.2 Å². The first-order valence-electron chi connectivity index (χ1n) is 4.55. The van der Waals surface area contributed by atoms with Gasteiger partial charge in [-0.25, -0.2) is 0 Å². The van der Waals surface area contributed by atoms with Gasteiger partial charge in [0.05, 0.1) is 6.04 Å². The maximum atomic E-state index is 10.8. The molecule has 1 heterocycles. The summed E-state index contributed by atoms with van der Waals surface area (Å²) >= 11 is 1.72. The normalized spacial score (nSPS) is 12.9. The maximum Gasteiger partial charge on any atom is 0.216 e. The van der Waals surface area contributed by atoms with Crippen molar-refractivity contribution in [2.24, 2.45) is 0 Å². The Labute approximate surface area is 88.7 Å². The van der Waals surface area contributed by atoms with E-state index in [2.05, 4.69) is 21.7 Å². The SMILES string of the molecule is CC(=O)NC[C@@H](c1cccs1)N(C)C. The van der Waals surface area contributed by atoms with Gasteiger partial charge in [0.1, 0.15) is 0 Å². The molecule has 1 amide bonds. The number of rotatable bonds is 4. The van der Waals surface area contributed by atoms with Gasteiger partial charge in [0.2, 0.25) is 5.91 Å². The molecule has 78 valence electrons. The van der Waals surface area contributed by atoms with Gasteiger partial charge in [-0.05, 0) is 25.5 Å². The van der Waals surface area contributed by atoms with Crippen molar-refractivity contribution in [3.05, 3.63) is 22.4 Å². The van der Waals surface area contributed by atoms with E-state index in [4.69, 9.17) is 0 Å². The molecule has 0 aromatic carbocycles. The fourth-order valence-corrected chi connectivity index (χ4v) is 2.18. The molecule has 0 spiro atoms. The summed E-state index contributed by atoms with van der Waals surface area (Å²) < 4.78 is 0. The summed E-state index contributed by atoms with van der Waals surface area (Å²) in [6.45, 7) is 2.21. The van der Waals surface area contributed by atoms with Crippen LogP contribution >= 0.6 is 11.3 Å². The van der Waals surface area contributed by atoms with Gasteiger partial charge in [0, 0.05) is 18.3 Å². The molecule has 1 aromatic rings. The molecule has 0 saturated carbocycles. The standard InChI is InChI=1S/C10H16N2OS/c1-8(13)11-7-9(12(2)3)10-5-4-6-14-10/h4-6,9H,7H2,1-3H3,(H,11,13)/t9-/m0/s1. The fraction of sp³-hybridized carbons (Fsp3) is 0.500. The molecule has 1 atom stereocenters. The quantitative estimate of drug-likeness (QED) is 0.820. The minimum absolute atomic E-state index is 0.0217. The van der Waals surface area contributed by atoms with Crippen LogP contribution in [0, 0.1) is 0 Å². The van der Waals surface area contributed by atoms with E-state index in [9.17, 15) is 4.79 Å². The highest BCUT2D eigenvalue weighted by molar-refractivity contribution is 7.10. The van der Waals surface area contributed by atoms with E-state index in [1.807, 2.05) is 20.2 Å². The van der Waals surface area contributed by atoms with Crippen molar-refractivity contribution in [2.75, 3.05) is 20.6 Å². The zero-order chi connectivity index (χ0) is 10.6. The summed E-state index contributed by atoms with van der Waals surface area (Å²) in [5.41, 5.74) is 0. The Bertz CT molecular complexity index is 282. The van der Waals surface area contributed by atoms with Gasteiger partial charge in [-0.3, -0.25) is 4.79 Å². The summed E-state index contributed by atoms with van der Waals surface area (Å²) in [7, 11) is 4.04. The first-order chi connectivity index (χ1) is 6.61. The topological polar surface area (TPSA) is 32.3 Å². The van der Waals surface area contributed by atoms with Gasteiger partial charge in [-0.1, -0.05) is 6.07 Å². The molecular weight excluding hydrogens is 196 g/mol. The second-order valence-corrected chi connectivity index (χ2v) is 4.41. The van der Waals surface area contributed by atoms with Crippen molar-refractivity contribution in [3.63, 3.8) is 0 Å². The van der Waals surface area contributed by atoms with Crippen LogP contribution in [0.2, 0.25) is 0 Å². The van der Waals surface area contributed by atoms with Crippen LogP contribution in [-0.4, -0.2) is 31.4 Å². The summed E-state index contributed by atoms with van der Waals surface area (Å²) in [4.78, 5) is 14.2. The number of carbonyl (C=O) groups excluding carboxylic acids is 1. The third-order valence-corrected chi connectivity index (χ3v) is 3.01. The number of nitrogens with one attached hydrogen (secondary N) is 1. The molecule has 0 saturated heterocycles. The minimum atomic E-state index is 0.0217. The Kier molecular flexibility index (Phi) is 4.10. The predicted molar refractivity (Wildman–Crippen MR) is 59.4 cm³/mol. The van der Waals surface area contributed by atoms with Gasteiger partial charge in [0.25, 0.3) is 0 Å². The van der Waals surface area contributed by atoms with E-state index in [1.165, 1.54) is 4.88 Å². The van der Waals surface area contributed by atoms with Gasteiger partial charge in [-0.15, -0.1) is 11.3 Å².